The monoisotopic (exact) mass is 208 g/mol. The lowest BCUT2D eigenvalue weighted by Crippen LogP contribution is -2.22. The van der Waals surface area contributed by atoms with Gasteiger partial charge in [-0.2, -0.15) is 0 Å². The quantitative estimate of drug-likeness (QED) is 0.600. The summed E-state index contributed by atoms with van der Waals surface area (Å²) in [7, 11) is 0. The summed E-state index contributed by atoms with van der Waals surface area (Å²) in [4.78, 5) is 0. The lowest BCUT2D eigenvalue weighted by atomic mass is 9.71. The highest BCUT2D eigenvalue weighted by molar-refractivity contribution is 4.78. The van der Waals surface area contributed by atoms with Gasteiger partial charge in [0.1, 0.15) is 0 Å². The molecule has 2 rings (SSSR count). The lowest BCUT2D eigenvalue weighted by Gasteiger charge is -2.34. The molecular formula is C15H28. The maximum Gasteiger partial charge on any atom is -0.0383 e. The molecule has 0 heterocycles. The van der Waals surface area contributed by atoms with Crippen LogP contribution in [0.1, 0.15) is 77.6 Å². The van der Waals surface area contributed by atoms with Gasteiger partial charge in [0.2, 0.25) is 0 Å². The highest BCUT2D eigenvalue weighted by atomic mass is 14.3. The third-order valence-electron chi connectivity index (χ3n) is 4.95. The lowest BCUT2D eigenvalue weighted by molar-refractivity contribution is 0.172. The molecule has 2 aliphatic carbocycles. The van der Waals surface area contributed by atoms with Gasteiger partial charge in [-0.25, -0.2) is 0 Å². The van der Waals surface area contributed by atoms with E-state index in [1.165, 1.54) is 44.9 Å². The van der Waals surface area contributed by atoms with Crippen molar-refractivity contribution in [3.63, 3.8) is 0 Å². The molecular weight excluding hydrogens is 180 g/mol. The average molecular weight is 208 g/mol. The van der Waals surface area contributed by atoms with E-state index in [4.69, 9.17) is 0 Å². The first-order valence-corrected chi connectivity index (χ1v) is 7.40. The Balaban J connectivity index is 1.79. The smallest absolute Gasteiger partial charge is 0.0383 e. The Morgan fingerprint density at radius 2 is 1.33 bits per heavy atom. The van der Waals surface area contributed by atoms with Crippen molar-refractivity contribution in [1.82, 2.24) is 0 Å². The van der Waals surface area contributed by atoms with E-state index in [9.17, 15) is 0 Å². The Bertz CT molecular complexity index is 167. The molecule has 0 aromatic heterocycles. The van der Waals surface area contributed by atoms with Crippen LogP contribution < -0.4 is 0 Å². The van der Waals surface area contributed by atoms with E-state index in [0.717, 1.165) is 17.8 Å². The molecule has 2 fully saturated rings. The fourth-order valence-corrected chi connectivity index (χ4v) is 3.98. The minimum atomic E-state index is 1.08. The van der Waals surface area contributed by atoms with Crippen LogP contribution in [0.15, 0.2) is 0 Å². The van der Waals surface area contributed by atoms with Crippen LogP contribution in [0.5, 0.6) is 0 Å². The highest BCUT2D eigenvalue weighted by Crippen LogP contribution is 2.39. The zero-order valence-electron chi connectivity index (χ0n) is 10.5. The van der Waals surface area contributed by atoms with Crippen LogP contribution >= 0.6 is 0 Å². The molecule has 0 aromatic carbocycles. The standard InChI is InChI=1S/C15H28/c1-2-14-10-6-7-11-15(14)12-13-8-4-3-5-9-13/h13-15H,2-12H2,1H3. The fourth-order valence-electron chi connectivity index (χ4n) is 3.98. The van der Waals surface area contributed by atoms with Crippen molar-refractivity contribution >= 4 is 0 Å². The summed E-state index contributed by atoms with van der Waals surface area (Å²) in [6.07, 6.45) is 16.8. The van der Waals surface area contributed by atoms with E-state index in [-0.39, 0.29) is 0 Å². The molecule has 2 atom stereocenters. The molecule has 0 amide bonds. The summed E-state index contributed by atoms with van der Waals surface area (Å²) in [5.74, 6) is 3.29. The van der Waals surface area contributed by atoms with Crippen molar-refractivity contribution in [2.24, 2.45) is 17.8 Å². The molecule has 0 aromatic rings. The van der Waals surface area contributed by atoms with Gasteiger partial charge in [-0.1, -0.05) is 71.1 Å². The SMILES string of the molecule is CCC1CCCCC1CC1CCCCC1. The zero-order valence-corrected chi connectivity index (χ0v) is 10.5. The molecule has 2 aliphatic rings. The van der Waals surface area contributed by atoms with Gasteiger partial charge in [-0.3, -0.25) is 0 Å². The molecule has 0 saturated heterocycles. The minimum absolute atomic E-state index is 1.08. The Morgan fingerprint density at radius 3 is 2.00 bits per heavy atom. The fraction of sp³-hybridized carbons (Fsp3) is 1.00. The normalized spacial score (nSPS) is 34.2. The van der Waals surface area contributed by atoms with Gasteiger partial charge < -0.3 is 0 Å². The number of hydrogen-bond donors (Lipinski definition) is 0. The van der Waals surface area contributed by atoms with Crippen molar-refractivity contribution in [1.29, 1.82) is 0 Å². The predicted octanol–water partition coefficient (Wildman–Crippen LogP) is 5.17. The van der Waals surface area contributed by atoms with Crippen LogP contribution in [0.25, 0.3) is 0 Å². The molecule has 0 spiro atoms. The Labute approximate surface area is 95.8 Å². The summed E-state index contributed by atoms with van der Waals surface area (Å²) in [5, 5.41) is 0. The third kappa shape index (κ3) is 3.23. The van der Waals surface area contributed by atoms with E-state index < -0.39 is 0 Å². The van der Waals surface area contributed by atoms with Crippen LogP contribution in [0.4, 0.5) is 0 Å². The predicted molar refractivity (Wildman–Crippen MR) is 66.9 cm³/mol. The van der Waals surface area contributed by atoms with E-state index in [2.05, 4.69) is 6.92 Å². The molecule has 15 heavy (non-hydrogen) atoms. The maximum atomic E-state index is 2.41. The largest absolute Gasteiger partial charge is 0.0651 e. The summed E-state index contributed by atoms with van der Waals surface area (Å²) >= 11 is 0. The Morgan fingerprint density at radius 1 is 0.733 bits per heavy atom. The number of rotatable bonds is 3. The van der Waals surface area contributed by atoms with Gasteiger partial charge in [-0.15, -0.1) is 0 Å². The van der Waals surface area contributed by atoms with E-state index >= 15 is 0 Å². The minimum Gasteiger partial charge on any atom is -0.0651 e. The van der Waals surface area contributed by atoms with Gasteiger partial charge in [0.15, 0.2) is 0 Å². The van der Waals surface area contributed by atoms with Crippen molar-refractivity contribution < 1.29 is 0 Å². The first kappa shape index (κ1) is 11.5. The molecule has 0 nitrogen and oxygen atoms in total. The van der Waals surface area contributed by atoms with Gasteiger partial charge in [0.05, 0.1) is 0 Å². The molecule has 2 saturated carbocycles. The average Bonchev–Trinajstić information content (AvgIpc) is 2.31. The highest BCUT2D eigenvalue weighted by Gasteiger charge is 2.26. The van der Waals surface area contributed by atoms with Crippen LogP contribution in [0.3, 0.4) is 0 Å². The van der Waals surface area contributed by atoms with E-state index in [1.54, 1.807) is 25.7 Å². The first-order chi connectivity index (χ1) is 7.40. The summed E-state index contributed by atoms with van der Waals surface area (Å²) in [6, 6.07) is 0. The van der Waals surface area contributed by atoms with Crippen LogP contribution in [-0.2, 0) is 0 Å². The van der Waals surface area contributed by atoms with Crippen molar-refractivity contribution in [3.8, 4) is 0 Å². The van der Waals surface area contributed by atoms with E-state index in [1.807, 2.05) is 0 Å². The summed E-state index contributed by atoms with van der Waals surface area (Å²) in [6.45, 7) is 2.41. The second-order valence-corrected chi connectivity index (χ2v) is 5.95. The van der Waals surface area contributed by atoms with E-state index in [0.29, 0.717) is 0 Å². The van der Waals surface area contributed by atoms with Crippen LogP contribution in [0, 0.1) is 17.8 Å². The Hall–Kier alpha value is 0. The third-order valence-corrected chi connectivity index (χ3v) is 4.95. The van der Waals surface area contributed by atoms with Crippen LogP contribution in [0.2, 0.25) is 0 Å². The molecule has 0 N–H and O–H groups in total. The molecule has 0 radical (unpaired) electrons. The zero-order chi connectivity index (χ0) is 10.5. The van der Waals surface area contributed by atoms with Crippen LogP contribution in [-0.4, -0.2) is 0 Å². The summed E-state index contributed by atoms with van der Waals surface area (Å²) < 4.78 is 0. The molecule has 0 heteroatoms. The van der Waals surface area contributed by atoms with Gasteiger partial charge in [0, 0.05) is 0 Å². The number of hydrogen-bond acceptors (Lipinski definition) is 0. The summed E-state index contributed by atoms with van der Waals surface area (Å²) in [5.41, 5.74) is 0. The maximum absolute atomic E-state index is 2.41. The molecule has 2 unspecified atom stereocenters. The molecule has 0 bridgehead atoms. The van der Waals surface area contributed by atoms with Crippen molar-refractivity contribution in [3.05, 3.63) is 0 Å². The van der Waals surface area contributed by atoms with Gasteiger partial charge in [0.25, 0.3) is 0 Å². The van der Waals surface area contributed by atoms with Gasteiger partial charge >= 0.3 is 0 Å². The van der Waals surface area contributed by atoms with Crippen molar-refractivity contribution in [2.75, 3.05) is 0 Å². The van der Waals surface area contributed by atoms with Gasteiger partial charge in [-0.05, 0) is 24.2 Å². The topological polar surface area (TPSA) is 0 Å². The molecule has 88 valence electrons. The molecule has 0 aliphatic heterocycles. The van der Waals surface area contributed by atoms with Crippen molar-refractivity contribution in [2.45, 2.75) is 77.6 Å². The second-order valence-electron chi connectivity index (χ2n) is 5.95. The Kier molecular flexibility index (Phi) is 4.53. The second kappa shape index (κ2) is 5.92. The first-order valence-electron chi connectivity index (χ1n) is 7.40.